The summed E-state index contributed by atoms with van der Waals surface area (Å²) < 4.78 is 0. The molecule has 0 radical (unpaired) electrons. The first kappa shape index (κ1) is 29.7. The molecule has 1 heterocycles. The zero-order valence-corrected chi connectivity index (χ0v) is 20.5. The Hall–Kier alpha value is -4.50. The number of nitrogens with zero attached hydrogens (tertiary/aromatic N) is 1. The Balaban J connectivity index is 2.09. The Morgan fingerprint density at radius 3 is 2.13 bits per heavy atom. The quantitative estimate of drug-likeness (QED) is 0.119. The van der Waals surface area contributed by atoms with Crippen LogP contribution in [0.3, 0.4) is 0 Å². The molecule has 11 N–H and O–H groups in total. The molecule has 0 aliphatic carbocycles. The summed E-state index contributed by atoms with van der Waals surface area (Å²) in [6, 6.07) is 0.196. The van der Waals surface area contributed by atoms with Crippen molar-refractivity contribution in [2.75, 3.05) is 0 Å². The van der Waals surface area contributed by atoms with Gasteiger partial charge in [-0.3, -0.25) is 19.2 Å². The Morgan fingerprint density at radius 1 is 0.974 bits per heavy atom. The number of aliphatic carboxylic acids is 1. The second-order valence-corrected chi connectivity index (χ2v) is 8.62. The fraction of sp³-hybridized carbons (Fsp3) is 0.391. The van der Waals surface area contributed by atoms with Crippen molar-refractivity contribution in [1.29, 1.82) is 0 Å². The molecule has 0 spiro atoms. The molecule has 0 saturated carbocycles. The van der Waals surface area contributed by atoms with Gasteiger partial charge in [-0.1, -0.05) is 12.1 Å². The number of hydrogen-bond donors (Lipinski definition) is 9. The molecule has 5 unspecified atom stereocenters. The number of phenols is 1. The summed E-state index contributed by atoms with van der Waals surface area (Å²) in [4.78, 5) is 67.9. The molecule has 206 valence electrons. The normalized spacial score (nSPS) is 14.8. The number of aromatic nitrogens is 2. The van der Waals surface area contributed by atoms with Crippen LogP contribution in [-0.2, 0) is 36.8 Å². The number of benzene rings is 1. The van der Waals surface area contributed by atoms with Gasteiger partial charge in [-0.25, -0.2) is 9.78 Å². The fourth-order valence-corrected chi connectivity index (χ4v) is 3.40. The number of amides is 4. The van der Waals surface area contributed by atoms with Crippen molar-refractivity contribution in [2.24, 2.45) is 11.5 Å². The third-order valence-electron chi connectivity index (χ3n) is 5.42. The van der Waals surface area contributed by atoms with Crippen molar-refractivity contribution in [3.05, 3.63) is 48.0 Å². The van der Waals surface area contributed by atoms with Crippen LogP contribution < -0.4 is 27.4 Å². The summed E-state index contributed by atoms with van der Waals surface area (Å²) >= 11 is 0. The molecule has 1 aromatic heterocycles. The molecule has 0 fully saturated rings. The highest BCUT2D eigenvalue weighted by Crippen LogP contribution is 2.11. The summed E-state index contributed by atoms with van der Waals surface area (Å²) in [5.74, 6) is -5.14. The number of H-pyrrole nitrogens is 1. The highest BCUT2D eigenvalue weighted by atomic mass is 16.4. The minimum absolute atomic E-state index is 0.0256. The molecule has 5 atom stereocenters. The number of imidazole rings is 1. The molecular formula is C23H31N7O8. The van der Waals surface area contributed by atoms with E-state index in [2.05, 4.69) is 25.9 Å². The van der Waals surface area contributed by atoms with E-state index in [4.69, 9.17) is 11.5 Å². The average molecular weight is 534 g/mol. The number of nitrogens with one attached hydrogen (secondary N) is 4. The molecule has 0 aliphatic rings. The number of carboxylic acids is 1. The number of phenolic OH excluding ortho intramolecular Hbond substituents is 1. The number of aromatic amines is 1. The van der Waals surface area contributed by atoms with Gasteiger partial charge in [-0.05, 0) is 31.0 Å². The van der Waals surface area contributed by atoms with E-state index in [0.29, 0.717) is 11.3 Å². The molecule has 38 heavy (non-hydrogen) atoms. The summed E-state index contributed by atoms with van der Waals surface area (Å²) in [7, 11) is 0. The monoisotopic (exact) mass is 533 g/mol. The highest BCUT2D eigenvalue weighted by molar-refractivity contribution is 5.96. The van der Waals surface area contributed by atoms with Gasteiger partial charge in [-0.15, -0.1) is 0 Å². The number of carboxylic acid groups (broad SMARTS) is 1. The lowest BCUT2D eigenvalue weighted by Gasteiger charge is -2.26. The van der Waals surface area contributed by atoms with Crippen LogP contribution >= 0.6 is 0 Å². The van der Waals surface area contributed by atoms with Gasteiger partial charge in [0.05, 0.1) is 24.9 Å². The highest BCUT2D eigenvalue weighted by Gasteiger charge is 2.33. The zero-order chi connectivity index (χ0) is 28.4. The number of nitrogens with two attached hydrogens (primary N) is 2. The lowest BCUT2D eigenvalue weighted by Crippen LogP contribution is -2.60. The third kappa shape index (κ3) is 9.18. The minimum atomic E-state index is -1.64. The Bertz CT molecular complexity index is 1120. The van der Waals surface area contributed by atoms with Gasteiger partial charge in [-0.2, -0.15) is 0 Å². The van der Waals surface area contributed by atoms with Crippen molar-refractivity contribution >= 4 is 29.6 Å². The summed E-state index contributed by atoms with van der Waals surface area (Å²) in [5, 5.41) is 35.7. The van der Waals surface area contributed by atoms with E-state index in [-0.39, 0.29) is 18.6 Å². The van der Waals surface area contributed by atoms with Crippen LogP contribution in [0.1, 0.15) is 24.6 Å². The van der Waals surface area contributed by atoms with Crippen LogP contribution in [0.15, 0.2) is 36.8 Å². The van der Waals surface area contributed by atoms with Crippen LogP contribution in [0.5, 0.6) is 5.75 Å². The van der Waals surface area contributed by atoms with E-state index in [1.165, 1.54) is 31.6 Å². The smallest absolute Gasteiger partial charge is 0.326 e. The first-order chi connectivity index (χ1) is 17.9. The maximum absolute atomic E-state index is 12.9. The number of aromatic hydroxyl groups is 1. The van der Waals surface area contributed by atoms with Crippen molar-refractivity contribution < 1.29 is 39.3 Å². The first-order valence-corrected chi connectivity index (χ1v) is 11.5. The van der Waals surface area contributed by atoms with E-state index in [0.717, 1.165) is 0 Å². The number of hydrogen-bond acceptors (Lipinski definition) is 9. The molecular weight excluding hydrogens is 502 g/mol. The average Bonchev–Trinajstić information content (AvgIpc) is 3.35. The number of aliphatic hydroxyl groups is 1. The number of carbonyl (C=O) groups excluding carboxylic acids is 4. The van der Waals surface area contributed by atoms with Crippen LogP contribution in [0, 0.1) is 0 Å². The van der Waals surface area contributed by atoms with Gasteiger partial charge in [0.15, 0.2) is 0 Å². The van der Waals surface area contributed by atoms with Crippen molar-refractivity contribution in [3.63, 3.8) is 0 Å². The standard InChI is InChI=1S/C23H31N7O8/c1-11(31)19(22(36)29-17(23(37)38)7-13-9-26-10-27-13)30-21(35)16(8-18(25)33)28-20(34)15(24)6-12-2-4-14(32)5-3-12/h2-5,9-11,15-17,19,31-32H,6-8,24H2,1H3,(H2,25,33)(H,26,27)(H,28,34)(H,29,36)(H,30,35)(H,37,38). The van der Waals surface area contributed by atoms with Gasteiger partial charge in [0.2, 0.25) is 23.6 Å². The van der Waals surface area contributed by atoms with Crippen LogP contribution in [-0.4, -0.2) is 85.2 Å². The van der Waals surface area contributed by atoms with Crippen LogP contribution in [0.25, 0.3) is 0 Å². The van der Waals surface area contributed by atoms with Crippen LogP contribution in [0.2, 0.25) is 0 Å². The summed E-state index contributed by atoms with van der Waals surface area (Å²) in [6.07, 6.45) is 0.471. The molecule has 4 amide bonds. The summed E-state index contributed by atoms with van der Waals surface area (Å²) in [5.41, 5.74) is 12.2. The van der Waals surface area contributed by atoms with E-state index in [1.54, 1.807) is 12.1 Å². The maximum atomic E-state index is 12.9. The van der Waals surface area contributed by atoms with Crippen molar-refractivity contribution in [2.45, 2.75) is 56.5 Å². The molecule has 15 nitrogen and oxygen atoms in total. The molecule has 0 aliphatic heterocycles. The second-order valence-electron chi connectivity index (χ2n) is 8.62. The number of aliphatic hydroxyl groups excluding tert-OH is 1. The van der Waals surface area contributed by atoms with Gasteiger partial charge in [0.25, 0.3) is 0 Å². The predicted molar refractivity (Wildman–Crippen MR) is 131 cm³/mol. The van der Waals surface area contributed by atoms with E-state index in [9.17, 15) is 39.3 Å². The van der Waals surface area contributed by atoms with Crippen molar-refractivity contribution in [3.8, 4) is 5.75 Å². The van der Waals surface area contributed by atoms with E-state index >= 15 is 0 Å². The Morgan fingerprint density at radius 2 is 1.61 bits per heavy atom. The molecule has 2 aromatic rings. The Labute approximate surface area is 217 Å². The Kier molecular flexibility index (Phi) is 10.7. The number of carbonyl (C=O) groups is 5. The van der Waals surface area contributed by atoms with Crippen LogP contribution in [0.4, 0.5) is 0 Å². The van der Waals surface area contributed by atoms with Gasteiger partial charge in [0.1, 0.15) is 23.9 Å². The zero-order valence-electron chi connectivity index (χ0n) is 20.5. The SMILES string of the molecule is CC(O)C(NC(=O)C(CC(N)=O)NC(=O)C(N)Cc1ccc(O)cc1)C(=O)NC(Cc1cnc[nH]1)C(=O)O. The molecule has 1 aromatic carbocycles. The molecule has 0 saturated heterocycles. The molecule has 2 rings (SSSR count). The van der Waals surface area contributed by atoms with Gasteiger partial charge >= 0.3 is 5.97 Å². The maximum Gasteiger partial charge on any atom is 0.326 e. The van der Waals surface area contributed by atoms with Gasteiger partial charge in [0, 0.05) is 18.3 Å². The van der Waals surface area contributed by atoms with Gasteiger partial charge < -0.3 is 47.7 Å². The third-order valence-corrected chi connectivity index (χ3v) is 5.42. The largest absolute Gasteiger partial charge is 0.508 e. The summed E-state index contributed by atoms with van der Waals surface area (Å²) in [6.45, 7) is 1.18. The van der Waals surface area contributed by atoms with E-state index < -0.39 is 66.3 Å². The topological polar surface area (TPSA) is 263 Å². The molecule has 0 bridgehead atoms. The first-order valence-electron chi connectivity index (χ1n) is 11.5. The second kappa shape index (κ2) is 13.7. The fourth-order valence-electron chi connectivity index (χ4n) is 3.40. The lowest BCUT2D eigenvalue weighted by molar-refractivity contribution is -0.143. The minimum Gasteiger partial charge on any atom is -0.508 e. The predicted octanol–water partition coefficient (Wildman–Crippen LogP) is -2.98. The lowest BCUT2D eigenvalue weighted by atomic mass is 10.0. The molecule has 15 heteroatoms. The number of primary amides is 1. The van der Waals surface area contributed by atoms with Crippen molar-refractivity contribution in [1.82, 2.24) is 25.9 Å². The number of rotatable bonds is 14. The van der Waals surface area contributed by atoms with E-state index in [1.807, 2.05) is 0 Å².